The van der Waals surface area contributed by atoms with Crippen molar-refractivity contribution in [3.8, 4) is 0 Å². The van der Waals surface area contributed by atoms with Gasteiger partial charge < -0.3 is 10.1 Å². The first-order valence-corrected chi connectivity index (χ1v) is 7.37. The molecule has 0 unspecified atom stereocenters. The van der Waals surface area contributed by atoms with Crippen molar-refractivity contribution >= 4 is 5.69 Å². The third-order valence-electron chi connectivity index (χ3n) is 3.90. The fourth-order valence-corrected chi connectivity index (χ4v) is 2.73. The van der Waals surface area contributed by atoms with Gasteiger partial charge in [-0.1, -0.05) is 36.4 Å². The van der Waals surface area contributed by atoms with E-state index in [1.807, 2.05) is 6.07 Å². The third kappa shape index (κ3) is 3.32. The van der Waals surface area contributed by atoms with Crippen molar-refractivity contribution in [2.75, 3.05) is 13.2 Å². The van der Waals surface area contributed by atoms with E-state index in [1.165, 1.54) is 23.3 Å². The highest BCUT2D eigenvalue weighted by atomic mass is 16.6. The Morgan fingerprint density at radius 3 is 2.73 bits per heavy atom. The van der Waals surface area contributed by atoms with E-state index in [9.17, 15) is 10.1 Å². The molecule has 1 N–H and O–H groups in total. The van der Waals surface area contributed by atoms with Gasteiger partial charge in [-0.3, -0.25) is 10.1 Å². The van der Waals surface area contributed by atoms with Crippen LogP contribution in [0.4, 0.5) is 5.69 Å². The molecule has 0 bridgehead atoms. The molecule has 1 aliphatic rings. The summed E-state index contributed by atoms with van der Waals surface area (Å²) < 4.78 is 5.84. The monoisotopic (exact) mass is 298 g/mol. The minimum absolute atomic E-state index is 0.0722. The Hall–Kier alpha value is -2.24. The molecule has 114 valence electrons. The molecular formula is C17H18N2O3. The number of hydrogen-bond donors (Lipinski definition) is 1. The average Bonchev–Trinajstić information content (AvgIpc) is 2.55. The molecule has 1 heterocycles. The molecule has 5 nitrogen and oxygen atoms in total. The van der Waals surface area contributed by atoms with Gasteiger partial charge >= 0.3 is 0 Å². The molecule has 0 radical (unpaired) electrons. The molecule has 0 saturated heterocycles. The van der Waals surface area contributed by atoms with Crippen molar-refractivity contribution in [1.29, 1.82) is 0 Å². The van der Waals surface area contributed by atoms with Crippen LogP contribution in [-0.4, -0.2) is 18.1 Å². The normalized spacial score (nSPS) is 17.0. The van der Waals surface area contributed by atoms with E-state index in [0.717, 1.165) is 25.1 Å². The van der Waals surface area contributed by atoms with Crippen LogP contribution >= 0.6 is 0 Å². The van der Waals surface area contributed by atoms with E-state index in [1.54, 1.807) is 12.1 Å². The molecule has 2 aromatic carbocycles. The highest BCUT2D eigenvalue weighted by molar-refractivity contribution is 5.33. The number of nitrogens with one attached hydrogen (secondary N) is 1. The average molecular weight is 298 g/mol. The Morgan fingerprint density at radius 1 is 1.18 bits per heavy atom. The van der Waals surface area contributed by atoms with Gasteiger partial charge in [0.2, 0.25) is 0 Å². The predicted molar refractivity (Wildman–Crippen MR) is 83.6 cm³/mol. The van der Waals surface area contributed by atoms with Crippen molar-refractivity contribution in [1.82, 2.24) is 5.32 Å². The Labute approximate surface area is 129 Å². The van der Waals surface area contributed by atoms with Crippen LogP contribution in [0.5, 0.6) is 0 Å². The zero-order valence-corrected chi connectivity index (χ0v) is 12.2. The molecule has 1 atom stereocenters. The Morgan fingerprint density at radius 2 is 1.95 bits per heavy atom. The second-order valence-electron chi connectivity index (χ2n) is 5.36. The molecule has 2 aromatic rings. The minimum Gasteiger partial charge on any atom is -0.372 e. The van der Waals surface area contributed by atoms with Crippen LogP contribution in [0.2, 0.25) is 0 Å². The van der Waals surface area contributed by atoms with Crippen molar-refractivity contribution in [2.45, 2.75) is 19.1 Å². The lowest BCUT2D eigenvalue weighted by molar-refractivity contribution is -0.384. The summed E-state index contributed by atoms with van der Waals surface area (Å²) in [6.07, 6.45) is 1.04. The lowest BCUT2D eigenvalue weighted by atomic mass is 9.97. The van der Waals surface area contributed by atoms with E-state index < -0.39 is 0 Å². The lowest BCUT2D eigenvalue weighted by Crippen LogP contribution is -2.27. The van der Waals surface area contributed by atoms with Crippen molar-refractivity contribution in [2.24, 2.45) is 0 Å². The molecule has 0 fully saturated rings. The van der Waals surface area contributed by atoms with Crippen LogP contribution in [0.25, 0.3) is 0 Å². The molecule has 0 aromatic heterocycles. The first kappa shape index (κ1) is 14.7. The number of non-ortho nitro benzene ring substituents is 1. The van der Waals surface area contributed by atoms with Gasteiger partial charge in [0.15, 0.2) is 0 Å². The van der Waals surface area contributed by atoms with E-state index in [0.29, 0.717) is 6.54 Å². The van der Waals surface area contributed by atoms with Crippen molar-refractivity contribution < 1.29 is 9.66 Å². The molecule has 0 aliphatic carbocycles. The summed E-state index contributed by atoms with van der Waals surface area (Å²) >= 11 is 0. The Bertz CT molecular complexity index is 655. The van der Waals surface area contributed by atoms with Gasteiger partial charge in [-0.2, -0.15) is 0 Å². The third-order valence-corrected chi connectivity index (χ3v) is 3.90. The highest BCUT2D eigenvalue weighted by Crippen LogP contribution is 2.26. The minimum atomic E-state index is -0.385. The number of benzene rings is 2. The number of ether oxygens (including phenoxy) is 1. The summed E-state index contributed by atoms with van der Waals surface area (Å²) in [6.45, 7) is 2.15. The zero-order valence-electron chi connectivity index (χ0n) is 12.2. The maximum Gasteiger partial charge on any atom is 0.269 e. The number of hydrogen-bond acceptors (Lipinski definition) is 4. The summed E-state index contributed by atoms with van der Waals surface area (Å²) in [4.78, 5) is 10.2. The van der Waals surface area contributed by atoms with Gasteiger partial charge in [0.25, 0.3) is 5.69 Å². The molecule has 0 spiro atoms. The number of nitro groups is 1. The number of nitro benzene ring substituents is 1. The van der Waals surface area contributed by atoms with Gasteiger partial charge in [0, 0.05) is 25.2 Å². The van der Waals surface area contributed by atoms with Gasteiger partial charge in [-0.15, -0.1) is 0 Å². The summed E-state index contributed by atoms with van der Waals surface area (Å²) in [7, 11) is 0. The molecule has 0 saturated carbocycles. The second-order valence-corrected chi connectivity index (χ2v) is 5.36. The van der Waals surface area contributed by atoms with Crippen LogP contribution in [0, 0.1) is 10.1 Å². The van der Waals surface area contributed by atoms with Crippen LogP contribution in [0.3, 0.4) is 0 Å². The molecule has 3 rings (SSSR count). The van der Waals surface area contributed by atoms with Crippen molar-refractivity contribution in [3.05, 3.63) is 75.3 Å². The Balaban J connectivity index is 1.56. The zero-order chi connectivity index (χ0) is 15.4. The van der Waals surface area contributed by atoms with Gasteiger partial charge in [-0.25, -0.2) is 0 Å². The summed E-state index contributed by atoms with van der Waals surface area (Å²) in [5.74, 6) is 0. The smallest absolute Gasteiger partial charge is 0.269 e. The topological polar surface area (TPSA) is 64.4 Å². The van der Waals surface area contributed by atoms with Crippen LogP contribution < -0.4 is 5.32 Å². The quantitative estimate of drug-likeness (QED) is 0.681. The molecular weight excluding hydrogens is 280 g/mol. The maximum absolute atomic E-state index is 10.6. The van der Waals surface area contributed by atoms with E-state index in [4.69, 9.17) is 4.74 Å². The summed E-state index contributed by atoms with van der Waals surface area (Å²) in [5.41, 5.74) is 3.75. The molecule has 5 heteroatoms. The van der Waals surface area contributed by atoms with Crippen molar-refractivity contribution in [3.63, 3.8) is 0 Å². The first-order chi connectivity index (χ1) is 10.7. The summed E-state index contributed by atoms with van der Waals surface area (Å²) in [5, 5.41) is 14.0. The summed E-state index contributed by atoms with van der Waals surface area (Å²) in [6, 6.07) is 15.0. The fourth-order valence-electron chi connectivity index (χ4n) is 2.73. The fraction of sp³-hybridized carbons (Fsp3) is 0.294. The number of rotatable bonds is 5. The molecule has 0 amide bonds. The van der Waals surface area contributed by atoms with Crippen LogP contribution in [-0.2, 0) is 17.7 Å². The van der Waals surface area contributed by atoms with Gasteiger partial charge in [0.1, 0.15) is 0 Å². The van der Waals surface area contributed by atoms with E-state index >= 15 is 0 Å². The standard InChI is InChI=1S/C17H18N2O3/c20-19(21)15-7-5-13(6-8-15)11-18-12-17-16-4-2-1-3-14(16)9-10-22-17/h1-8,17-18H,9-12H2/t17-/m1/s1. The predicted octanol–water partition coefficient (Wildman–Crippen LogP) is 3.00. The largest absolute Gasteiger partial charge is 0.372 e. The molecule has 1 aliphatic heterocycles. The SMILES string of the molecule is O=[N+]([O-])c1ccc(CNC[C@H]2OCCc3ccccc32)cc1. The van der Waals surface area contributed by atoms with Gasteiger partial charge in [-0.05, 0) is 23.1 Å². The molecule has 22 heavy (non-hydrogen) atoms. The number of fused-ring (bicyclic) bond motifs is 1. The number of nitrogens with zero attached hydrogens (tertiary/aromatic N) is 1. The highest BCUT2D eigenvalue weighted by Gasteiger charge is 2.19. The van der Waals surface area contributed by atoms with E-state index in [2.05, 4.69) is 23.5 Å². The van der Waals surface area contributed by atoms with Crippen LogP contribution in [0.1, 0.15) is 22.8 Å². The van der Waals surface area contributed by atoms with Gasteiger partial charge in [0.05, 0.1) is 17.6 Å². The Kier molecular flexibility index (Phi) is 4.46. The van der Waals surface area contributed by atoms with Crippen LogP contribution in [0.15, 0.2) is 48.5 Å². The van der Waals surface area contributed by atoms with E-state index in [-0.39, 0.29) is 16.7 Å². The second kappa shape index (κ2) is 6.68. The maximum atomic E-state index is 10.6. The first-order valence-electron chi connectivity index (χ1n) is 7.37. The lowest BCUT2D eigenvalue weighted by Gasteiger charge is -2.26.